The van der Waals surface area contributed by atoms with Crippen molar-refractivity contribution < 1.29 is 0 Å². The number of hydrogen-bond donors (Lipinski definition) is 0. The van der Waals surface area contributed by atoms with Gasteiger partial charge in [-0.05, 0) is 12.3 Å². The molecular weight excluding hydrogens is 150 g/mol. The molecule has 1 nitrogen and oxygen atoms in total. The summed E-state index contributed by atoms with van der Waals surface area (Å²) in [5, 5.41) is 2.13. The molecule has 9 heavy (non-hydrogen) atoms. The Bertz CT molecular complexity index is 162. The largest absolute Gasteiger partial charge is 0.342 e. The highest BCUT2D eigenvalue weighted by atomic mass is 32.2. The Labute approximate surface area is 65.1 Å². The van der Waals surface area contributed by atoms with Gasteiger partial charge < -0.3 is 4.90 Å². The van der Waals surface area contributed by atoms with Crippen molar-refractivity contribution in [3.8, 4) is 0 Å². The second kappa shape index (κ2) is 2.71. The van der Waals surface area contributed by atoms with Crippen LogP contribution in [0.15, 0.2) is 11.1 Å². The summed E-state index contributed by atoms with van der Waals surface area (Å²) >= 11 is 6.84. The monoisotopic (exact) mass is 159 g/mol. The summed E-state index contributed by atoms with van der Waals surface area (Å²) in [6.45, 7) is 2.07. The molecule has 0 spiro atoms. The fraction of sp³-hybridized carbons (Fsp3) is 0.500. The smallest absolute Gasteiger partial charge is 0.0922 e. The Balaban J connectivity index is 2.74. The van der Waals surface area contributed by atoms with Crippen LogP contribution in [0, 0.1) is 0 Å². The van der Waals surface area contributed by atoms with Gasteiger partial charge in [0.1, 0.15) is 0 Å². The van der Waals surface area contributed by atoms with Gasteiger partial charge in [-0.25, -0.2) is 0 Å². The van der Waals surface area contributed by atoms with E-state index >= 15 is 0 Å². The highest BCUT2D eigenvalue weighted by molar-refractivity contribution is 8.03. The van der Waals surface area contributed by atoms with E-state index in [0.717, 1.165) is 10.7 Å². The molecule has 0 saturated heterocycles. The molecule has 0 radical (unpaired) electrons. The topological polar surface area (TPSA) is 3.24 Å². The summed E-state index contributed by atoms with van der Waals surface area (Å²) in [5.41, 5.74) is 1.25. The van der Waals surface area contributed by atoms with Gasteiger partial charge in [0.05, 0.1) is 4.99 Å². The van der Waals surface area contributed by atoms with E-state index in [9.17, 15) is 0 Å². The Hall–Kier alpha value is -0.0200. The molecule has 0 atom stereocenters. The van der Waals surface area contributed by atoms with Crippen molar-refractivity contribution in [3.05, 3.63) is 11.1 Å². The lowest BCUT2D eigenvalue weighted by atomic mass is 10.5. The van der Waals surface area contributed by atoms with Crippen molar-refractivity contribution in [2.24, 2.45) is 0 Å². The van der Waals surface area contributed by atoms with Crippen LogP contribution in [0.4, 0.5) is 0 Å². The van der Waals surface area contributed by atoms with Gasteiger partial charge in [-0.15, -0.1) is 11.8 Å². The highest BCUT2D eigenvalue weighted by Gasteiger charge is 2.09. The number of rotatable bonds is 0. The average Bonchev–Trinajstić information content (AvgIpc) is 1.83. The molecule has 0 aromatic rings. The van der Waals surface area contributed by atoms with E-state index < -0.39 is 0 Å². The van der Waals surface area contributed by atoms with Gasteiger partial charge in [0, 0.05) is 18.5 Å². The third-order valence-electron chi connectivity index (χ3n) is 1.36. The zero-order valence-electron chi connectivity index (χ0n) is 5.55. The lowest BCUT2D eigenvalue weighted by Crippen LogP contribution is -2.26. The minimum absolute atomic E-state index is 0.961. The predicted octanol–water partition coefficient (Wildman–Crippen LogP) is 1.85. The van der Waals surface area contributed by atoms with Gasteiger partial charge in [0.25, 0.3) is 0 Å². The van der Waals surface area contributed by atoms with E-state index in [2.05, 4.69) is 12.3 Å². The third kappa shape index (κ3) is 1.46. The lowest BCUT2D eigenvalue weighted by molar-refractivity contribution is 0.636. The Kier molecular flexibility index (Phi) is 2.13. The molecule has 0 fully saturated rings. The number of hydrogen-bond acceptors (Lipinski definition) is 2. The van der Waals surface area contributed by atoms with Gasteiger partial charge in [0.2, 0.25) is 0 Å². The maximum absolute atomic E-state index is 5.07. The fourth-order valence-corrected chi connectivity index (χ4v) is 1.77. The average molecular weight is 159 g/mol. The zero-order chi connectivity index (χ0) is 6.85. The Morgan fingerprint density at radius 2 is 2.44 bits per heavy atom. The molecule has 1 aliphatic rings. The van der Waals surface area contributed by atoms with E-state index in [1.54, 1.807) is 11.8 Å². The van der Waals surface area contributed by atoms with Gasteiger partial charge in [-0.2, -0.15) is 0 Å². The summed E-state index contributed by atoms with van der Waals surface area (Å²) in [4.78, 5) is 3.08. The molecule has 0 aliphatic carbocycles. The molecule has 1 rings (SSSR count). The molecule has 0 amide bonds. The van der Waals surface area contributed by atoms with Crippen LogP contribution in [0.25, 0.3) is 0 Å². The quantitative estimate of drug-likeness (QED) is 0.497. The maximum Gasteiger partial charge on any atom is 0.0922 e. The van der Waals surface area contributed by atoms with Crippen LogP contribution in [-0.4, -0.2) is 22.7 Å². The van der Waals surface area contributed by atoms with Crippen molar-refractivity contribution in [2.45, 2.75) is 6.92 Å². The molecule has 0 aromatic carbocycles. The Morgan fingerprint density at radius 1 is 1.78 bits per heavy atom. The summed E-state index contributed by atoms with van der Waals surface area (Å²) in [6, 6.07) is 0. The molecule has 3 heteroatoms. The Morgan fingerprint density at radius 3 is 2.89 bits per heavy atom. The van der Waals surface area contributed by atoms with Gasteiger partial charge >= 0.3 is 0 Å². The van der Waals surface area contributed by atoms with E-state index in [-0.39, 0.29) is 0 Å². The highest BCUT2D eigenvalue weighted by Crippen LogP contribution is 2.17. The standard InChI is InChI=1S/C6H9NS2/c1-5-3-9-4-6(8)7(5)2/h3H,4H2,1-2H3. The lowest BCUT2D eigenvalue weighted by Gasteiger charge is -2.23. The van der Waals surface area contributed by atoms with Crippen LogP contribution in [0.5, 0.6) is 0 Å². The first-order chi connectivity index (χ1) is 4.22. The zero-order valence-corrected chi connectivity index (χ0v) is 7.18. The fourth-order valence-electron chi connectivity index (χ4n) is 0.606. The van der Waals surface area contributed by atoms with Crippen molar-refractivity contribution in [2.75, 3.05) is 12.8 Å². The molecule has 0 saturated carbocycles. The van der Waals surface area contributed by atoms with Crippen LogP contribution >= 0.6 is 24.0 Å². The predicted molar refractivity (Wildman–Crippen MR) is 46.6 cm³/mol. The molecule has 1 heterocycles. The maximum atomic E-state index is 5.07. The molecule has 0 aromatic heterocycles. The third-order valence-corrected chi connectivity index (χ3v) is 2.91. The molecule has 0 N–H and O–H groups in total. The summed E-state index contributed by atoms with van der Waals surface area (Å²) < 4.78 is 0. The second-order valence-electron chi connectivity index (χ2n) is 2.02. The number of thiocarbonyl (C=S) groups is 1. The number of thioether (sulfide) groups is 1. The summed E-state index contributed by atoms with van der Waals surface area (Å²) in [6.07, 6.45) is 0. The molecule has 1 aliphatic heterocycles. The van der Waals surface area contributed by atoms with Crippen molar-refractivity contribution >= 4 is 29.0 Å². The first-order valence-corrected chi connectivity index (χ1v) is 4.22. The van der Waals surface area contributed by atoms with Crippen LogP contribution < -0.4 is 0 Å². The molecule has 50 valence electrons. The first-order valence-electron chi connectivity index (χ1n) is 2.77. The van der Waals surface area contributed by atoms with Crippen molar-refractivity contribution in [1.29, 1.82) is 0 Å². The van der Waals surface area contributed by atoms with Crippen molar-refractivity contribution in [3.63, 3.8) is 0 Å². The van der Waals surface area contributed by atoms with E-state index in [1.165, 1.54) is 5.70 Å². The van der Waals surface area contributed by atoms with Crippen LogP contribution in [0.3, 0.4) is 0 Å². The van der Waals surface area contributed by atoms with Crippen molar-refractivity contribution in [1.82, 2.24) is 4.90 Å². The second-order valence-corrected chi connectivity index (χ2v) is 3.35. The normalized spacial score (nSPS) is 20.0. The van der Waals surface area contributed by atoms with Gasteiger partial charge in [-0.1, -0.05) is 12.2 Å². The number of nitrogens with zero attached hydrogens (tertiary/aromatic N) is 1. The van der Waals surface area contributed by atoms with Gasteiger partial charge in [-0.3, -0.25) is 0 Å². The van der Waals surface area contributed by atoms with E-state index in [1.807, 2.05) is 11.9 Å². The van der Waals surface area contributed by atoms with E-state index in [0.29, 0.717) is 0 Å². The van der Waals surface area contributed by atoms with Crippen LogP contribution in [-0.2, 0) is 0 Å². The molecular formula is C6H9NS2. The van der Waals surface area contributed by atoms with Gasteiger partial charge in [0.15, 0.2) is 0 Å². The van der Waals surface area contributed by atoms with Crippen LogP contribution in [0.2, 0.25) is 0 Å². The van der Waals surface area contributed by atoms with E-state index in [4.69, 9.17) is 12.2 Å². The summed E-state index contributed by atoms with van der Waals surface area (Å²) in [7, 11) is 2.01. The molecule has 0 unspecified atom stereocenters. The molecule has 0 bridgehead atoms. The minimum atomic E-state index is 0.961. The first kappa shape index (κ1) is 7.09. The SMILES string of the molecule is CC1=CSCC(=S)N1C. The summed E-state index contributed by atoms with van der Waals surface area (Å²) in [5.74, 6) is 0.961. The number of allylic oxidation sites excluding steroid dienone is 1. The van der Waals surface area contributed by atoms with Crippen LogP contribution in [0.1, 0.15) is 6.92 Å². The minimum Gasteiger partial charge on any atom is -0.342 e.